The van der Waals surface area contributed by atoms with Crippen LogP contribution in [0, 0.1) is 6.92 Å². The number of hydrogen-bond acceptors (Lipinski definition) is 3. The molecule has 0 aliphatic carbocycles. The lowest BCUT2D eigenvalue weighted by atomic mass is 10.1. The minimum absolute atomic E-state index is 0.333. The molecule has 0 aliphatic heterocycles. The third kappa shape index (κ3) is 2.25. The highest BCUT2D eigenvalue weighted by Crippen LogP contribution is 2.24. The highest BCUT2D eigenvalue weighted by molar-refractivity contribution is 9.10. The number of methoxy groups -OCH3 is 1. The van der Waals surface area contributed by atoms with Crippen LogP contribution in [0.4, 0.5) is 0 Å². The zero-order chi connectivity index (χ0) is 10.0. The molecule has 0 unspecified atom stereocenters. The van der Waals surface area contributed by atoms with Crippen LogP contribution < -0.4 is 0 Å². The quantitative estimate of drug-likeness (QED) is 0.621. The maximum absolute atomic E-state index is 11.2. The van der Waals surface area contributed by atoms with E-state index in [1.807, 2.05) is 13.0 Å². The second-order valence-corrected chi connectivity index (χ2v) is 3.95. The molecule has 1 rings (SSSR count). The fourth-order valence-electron chi connectivity index (χ4n) is 0.991. The fourth-order valence-corrected chi connectivity index (χ4v) is 1.64. The largest absolute Gasteiger partial charge is 0.465 e. The first kappa shape index (κ1) is 10.6. The van der Waals surface area contributed by atoms with Crippen LogP contribution in [0.25, 0.3) is 0 Å². The summed E-state index contributed by atoms with van der Waals surface area (Å²) in [5.74, 6) is -0.333. The van der Waals surface area contributed by atoms with Crippen molar-refractivity contribution in [1.82, 2.24) is 0 Å². The lowest BCUT2D eigenvalue weighted by Crippen LogP contribution is -2.03. The summed E-state index contributed by atoms with van der Waals surface area (Å²) in [7, 11) is 1.36. The van der Waals surface area contributed by atoms with Crippen LogP contribution in [0.2, 0.25) is 0 Å². The number of carbonyl (C=O) groups excluding carboxylic acids is 1. The second-order valence-electron chi connectivity index (χ2n) is 2.61. The van der Waals surface area contributed by atoms with Gasteiger partial charge in [0, 0.05) is 9.37 Å². The van der Waals surface area contributed by atoms with E-state index >= 15 is 0 Å². The van der Waals surface area contributed by atoms with Gasteiger partial charge in [-0.15, -0.1) is 12.6 Å². The third-order valence-electron chi connectivity index (χ3n) is 1.70. The third-order valence-corrected chi connectivity index (χ3v) is 3.03. The van der Waals surface area contributed by atoms with Crippen molar-refractivity contribution in [3.8, 4) is 0 Å². The maximum Gasteiger partial charge on any atom is 0.338 e. The van der Waals surface area contributed by atoms with Gasteiger partial charge in [0.15, 0.2) is 0 Å². The van der Waals surface area contributed by atoms with Crippen molar-refractivity contribution in [2.75, 3.05) is 7.11 Å². The van der Waals surface area contributed by atoms with E-state index in [2.05, 4.69) is 33.3 Å². The molecule has 0 spiro atoms. The Morgan fingerprint density at radius 3 is 2.69 bits per heavy atom. The Morgan fingerprint density at radius 1 is 1.54 bits per heavy atom. The first-order chi connectivity index (χ1) is 6.06. The Bertz CT molecular complexity index is 350. The Balaban J connectivity index is 3.23. The van der Waals surface area contributed by atoms with Crippen molar-refractivity contribution in [2.45, 2.75) is 11.8 Å². The summed E-state index contributed by atoms with van der Waals surface area (Å²) in [6.07, 6.45) is 0. The zero-order valence-electron chi connectivity index (χ0n) is 7.30. The molecule has 0 atom stereocenters. The molecule has 70 valence electrons. The van der Waals surface area contributed by atoms with Gasteiger partial charge in [0.1, 0.15) is 0 Å². The molecule has 0 amide bonds. The van der Waals surface area contributed by atoms with Gasteiger partial charge in [-0.05, 0) is 40.5 Å². The molecule has 0 heterocycles. The first-order valence-electron chi connectivity index (χ1n) is 3.63. The van der Waals surface area contributed by atoms with Crippen molar-refractivity contribution in [1.29, 1.82) is 0 Å². The standard InChI is InChI=1S/C9H9BrO2S/c1-5-3-7(10)8(13)4-6(5)9(11)12-2/h3-4,13H,1-2H3. The normalized spacial score (nSPS) is 9.85. The number of thiol groups is 1. The molecule has 1 aromatic rings. The molecular weight excluding hydrogens is 252 g/mol. The van der Waals surface area contributed by atoms with Gasteiger partial charge in [-0.1, -0.05) is 0 Å². The van der Waals surface area contributed by atoms with Crippen LogP contribution in [-0.2, 0) is 4.74 Å². The van der Waals surface area contributed by atoms with Crippen molar-refractivity contribution >= 4 is 34.5 Å². The Labute approximate surface area is 90.8 Å². The van der Waals surface area contributed by atoms with E-state index in [0.717, 1.165) is 14.9 Å². The van der Waals surface area contributed by atoms with Gasteiger partial charge in [0.05, 0.1) is 12.7 Å². The van der Waals surface area contributed by atoms with Crippen LogP contribution in [0.3, 0.4) is 0 Å². The minimum Gasteiger partial charge on any atom is -0.465 e. The van der Waals surface area contributed by atoms with E-state index in [0.29, 0.717) is 5.56 Å². The molecule has 1 aromatic carbocycles. The number of esters is 1. The van der Waals surface area contributed by atoms with Crippen LogP contribution in [0.5, 0.6) is 0 Å². The van der Waals surface area contributed by atoms with Crippen molar-refractivity contribution in [3.63, 3.8) is 0 Å². The van der Waals surface area contributed by atoms with Gasteiger partial charge in [-0.2, -0.15) is 0 Å². The van der Waals surface area contributed by atoms with Crippen LogP contribution in [0.15, 0.2) is 21.5 Å². The van der Waals surface area contributed by atoms with E-state index < -0.39 is 0 Å². The number of carbonyl (C=O) groups is 1. The number of aryl methyl sites for hydroxylation is 1. The molecule has 0 bridgehead atoms. The molecule has 13 heavy (non-hydrogen) atoms. The van der Waals surface area contributed by atoms with E-state index in [1.54, 1.807) is 6.07 Å². The van der Waals surface area contributed by atoms with E-state index in [9.17, 15) is 4.79 Å². The Kier molecular flexibility index (Phi) is 3.39. The summed E-state index contributed by atoms with van der Waals surface area (Å²) in [5.41, 5.74) is 1.42. The second kappa shape index (κ2) is 4.15. The number of hydrogen-bond donors (Lipinski definition) is 1. The molecule has 4 heteroatoms. The van der Waals surface area contributed by atoms with Gasteiger partial charge in [-0.25, -0.2) is 4.79 Å². The van der Waals surface area contributed by atoms with Gasteiger partial charge in [-0.3, -0.25) is 0 Å². The van der Waals surface area contributed by atoms with Gasteiger partial charge in [0.25, 0.3) is 0 Å². The van der Waals surface area contributed by atoms with Crippen LogP contribution in [-0.4, -0.2) is 13.1 Å². The minimum atomic E-state index is -0.333. The molecule has 0 saturated carbocycles. The van der Waals surface area contributed by atoms with Crippen LogP contribution in [0.1, 0.15) is 15.9 Å². The zero-order valence-corrected chi connectivity index (χ0v) is 9.78. The highest BCUT2D eigenvalue weighted by Gasteiger charge is 2.10. The summed E-state index contributed by atoms with van der Waals surface area (Å²) in [4.78, 5) is 12.0. The summed E-state index contributed by atoms with van der Waals surface area (Å²) < 4.78 is 5.50. The monoisotopic (exact) mass is 260 g/mol. The predicted octanol–water partition coefficient (Wildman–Crippen LogP) is 2.83. The predicted molar refractivity (Wildman–Crippen MR) is 57.5 cm³/mol. The topological polar surface area (TPSA) is 26.3 Å². The highest BCUT2D eigenvalue weighted by atomic mass is 79.9. The molecule has 0 aliphatic rings. The number of halogens is 1. The van der Waals surface area contributed by atoms with Crippen molar-refractivity contribution < 1.29 is 9.53 Å². The smallest absolute Gasteiger partial charge is 0.338 e. The summed E-state index contributed by atoms with van der Waals surface area (Å²) in [6.45, 7) is 1.85. The average molecular weight is 261 g/mol. The molecular formula is C9H9BrO2S. The summed E-state index contributed by atoms with van der Waals surface area (Å²) >= 11 is 7.52. The van der Waals surface area contributed by atoms with Crippen molar-refractivity contribution in [3.05, 3.63) is 27.7 Å². The number of benzene rings is 1. The van der Waals surface area contributed by atoms with E-state index in [-0.39, 0.29) is 5.97 Å². The van der Waals surface area contributed by atoms with Crippen molar-refractivity contribution in [2.24, 2.45) is 0 Å². The number of ether oxygens (including phenoxy) is 1. The maximum atomic E-state index is 11.2. The van der Waals surface area contributed by atoms with E-state index in [4.69, 9.17) is 0 Å². The molecule has 2 nitrogen and oxygen atoms in total. The lowest BCUT2D eigenvalue weighted by molar-refractivity contribution is 0.0599. The molecule has 0 aromatic heterocycles. The van der Waals surface area contributed by atoms with Gasteiger partial charge < -0.3 is 4.74 Å². The molecule has 0 N–H and O–H groups in total. The molecule has 0 saturated heterocycles. The van der Waals surface area contributed by atoms with Gasteiger partial charge in [0.2, 0.25) is 0 Å². The molecule has 0 fully saturated rings. The molecule has 0 radical (unpaired) electrons. The first-order valence-corrected chi connectivity index (χ1v) is 4.87. The average Bonchev–Trinajstić information content (AvgIpc) is 2.10. The van der Waals surface area contributed by atoms with Crippen LogP contribution >= 0.6 is 28.6 Å². The summed E-state index contributed by atoms with van der Waals surface area (Å²) in [5, 5.41) is 0. The SMILES string of the molecule is COC(=O)c1cc(S)c(Br)cc1C. The summed E-state index contributed by atoms with van der Waals surface area (Å²) in [6, 6.07) is 3.53. The Hall–Kier alpha value is -0.480. The fraction of sp³-hybridized carbons (Fsp3) is 0.222. The van der Waals surface area contributed by atoms with Gasteiger partial charge >= 0.3 is 5.97 Å². The Morgan fingerprint density at radius 2 is 2.15 bits per heavy atom. The number of rotatable bonds is 1. The lowest BCUT2D eigenvalue weighted by Gasteiger charge is -2.05. The van der Waals surface area contributed by atoms with E-state index in [1.165, 1.54) is 7.11 Å².